The minimum atomic E-state index is -0.440. The van der Waals surface area contributed by atoms with Gasteiger partial charge in [0.1, 0.15) is 5.54 Å². The molecule has 3 atom stereocenters. The average molecular weight is 254 g/mol. The van der Waals surface area contributed by atoms with Crippen molar-refractivity contribution < 1.29 is 0 Å². The second kappa shape index (κ2) is 7.73. The first-order valence-electron chi connectivity index (χ1n) is 6.80. The minimum absolute atomic E-state index is 0.391. The summed E-state index contributed by atoms with van der Waals surface area (Å²) in [6, 6.07) is 3.26. The van der Waals surface area contributed by atoms with E-state index in [0.717, 1.165) is 19.5 Å². The molecule has 0 aromatic carbocycles. The molecular formula is C14H30N4. The van der Waals surface area contributed by atoms with Crippen molar-refractivity contribution in [2.24, 2.45) is 0 Å². The molecule has 0 saturated heterocycles. The molecule has 106 valence electrons. The molecule has 4 heteroatoms. The van der Waals surface area contributed by atoms with Gasteiger partial charge in [-0.1, -0.05) is 6.92 Å². The number of rotatable bonds is 8. The largest absolute Gasteiger partial charge is 0.308 e. The molecule has 0 spiro atoms. The van der Waals surface area contributed by atoms with Crippen LogP contribution in [0.2, 0.25) is 0 Å². The number of hydrogen-bond donors (Lipinski definition) is 1. The van der Waals surface area contributed by atoms with Crippen molar-refractivity contribution >= 4 is 0 Å². The number of nitrogens with one attached hydrogen (secondary N) is 1. The molecule has 0 aliphatic carbocycles. The van der Waals surface area contributed by atoms with E-state index in [0.29, 0.717) is 12.1 Å². The first-order chi connectivity index (χ1) is 8.29. The zero-order chi connectivity index (χ0) is 14.3. The van der Waals surface area contributed by atoms with Crippen LogP contribution in [0.25, 0.3) is 0 Å². The Morgan fingerprint density at radius 1 is 1.28 bits per heavy atom. The third-order valence-corrected chi connectivity index (χ3v) is 3.63. The molecule has 0 fully saturated rings. The first kappa shape index (κ1) is 17.4. The molecule has 1 N–H and O–H groups in total. The lowest BCUT2D eigenvalue weighted by molar-refractivity contribution is 0.119. The summed E-state index contributed by atoms with van der Waals surface area (Å²) < 4.78 is 0. The highest BCUT2D eigenvalue weighted by atomic mass is 15.2. The molecule has 18 heavy (non-hydrogen) atoms. The van der Waals surface area contributed by atoms with Gasteiger partial charge in [-0.05, 0) is 54.9 Å². The Balaban J connectivity index is 4.62. The summed E-state index contributed by atoms with van der Waals surface area (Å²) in [4.78, 5) is 4.68. The Labute approximate surface area is 113 Å². The molecule has 0 rings (SSSR count). The number of nitrogens with zero attached hydrogens (tertiary/aromatic N) is 3. The number of hydrogen-bond acceptors (Lipinski definition) is 4. The summed E-state index contributed by atoms with van der Waals surface area (Å²) >= 11 is 0. The van der Waals surface area contributed by atoms with Gasteiger partial charge in [-0.3, -0.25) is 4.90 Å². The van der Waals surface area contributed by atoms with E-state index in [1.807, 2.05) is 14.0 Å². The van der Waals surface area contributed by atoms with E-state index in [-0.39, 0.29) is 0 Å². The van der Waals surface area contributed by atoms with Crippen molar-refractivity contribution in [3.8, 4) is 6.07 Å². The lowest BCUT2D eigenvalue weighted by atomic mass is 9.94. The van der Waals surface area contributed by atoms with Gasteiger partial charge in [0, 0.05) is 18.6 Å². The lowest BCUT2D eigenvalue weighted by Crippen LogP contribution is -2.50. The Hall–Kier alpha value is -0.630. The standard InChI is InChI=1S/C14H30N4/c1-8-18(13(3)10-17(6)7)12(2)9-14(4,11-15)16-5/h12-13,16H,8-10H2,1-7H3. The van der Waals surface area contributed by atoms with Crippen LogP contribution in [0.15, 0.2) is 0 Å². The lowest BCUT2D eigenvalue weighted by Gasteiger charge is -2.37. The predicted molar refractivity (Wildman–Crippen MR) is 77.6 cm³/mol. The number of likely N-dealkylation sites (N-methyl/N-ethyl adjacent to an activating group) is 2. The van der Waals surface area contributed by atoms with Gasteiger partial charge in [0.05, 0.1) is 6.07 Å². The van der Waals surface area contributed by atoms with Crippen molar-refractivity contribution in [3.05, 3.63) is 0 Å². The molecule has 0 bridgehead atoms. The van der Waals surface area contributed by atoms with Crippen LogP contribution in [-0.2, 0) is 0 Å². The van der Waals surface area contributed by atoms with Gasteiger partial charge in [0.25, 0.3) is 0 Å². The molecule has 3 unspecified atom stereocenters. The zero-order valence-corrected chi connectivity index (χ0v) is 13.1. The fraction of sp³-hybridized carbons (Fsp3) is 0.929. The quantitative estimate of drug-likeness (QED) is 0.713. The molecule has 4 nitrogen and oxygen atoms in total. The van der Waals surface area contributed by atoms with Crippen LogP contribution in [0.4, 0.5) is 0 Å². The molecule has 0 aliphatic heterocycles. The number of nitriles is 1. The average Bonchev–Trinajstić information content (AvgIpc) is 2.28. The summed E-state index contributed by atoms with van der Waals surface area (Å²) in [6.07, 6.45) is 0.839. The van der Waals surface area contributed by atoms with Crippen molar-refractivity contribution in [1.82, 2.24) is 15.1 Å². The van der Waals surface area contributed by atoms with E-state index in [9.17, 15) is 5.26 Å². The first-order valence-corrected chi connectivity index (χ1v) is 6.80. The highest BCUT2D eigenvalue weighted by molar-refractivity contribution is 5.04. The Morgan fingerprint density at radius 2 is 1.83 bits per heavy atom. The maximum atomic E-state index is 9.23. The molecule has 0 radical (unpaired) electrons. The van der Waals surface area contributed by atoms with Crippen LogP contribution >= 0.6 is 0 Å². The highest BCUT2D eigenvalue weighted by Gasteiger charge is 2.28. The van der Waals surface area contributed by atoms with Crippen LogP contribution in [0.3, 0.4) is 0 Å². The summed E-state index contributed by atoms with van der Waals surface area (Å²) in [5.74, 6) is 0. The SMILES string of the molecule is CCN(C(C)CN(C)C)C(C)CC(C)(C#N)NC. The molecular weight excluding hydrogens is 224 g/mol. The summed E-state index contributed by atoms with van der Waals surface area (Å²) in [7, 11) is 6.06. The fourth-order valence-electron chi connectivity index (χ4n) is 2.60. The molecule has 0 aromatic rings. The minimum Gasteiger partial charge on any atom is -0.308 e. The normalized spacial score (nSPS) is 18.4. The summed E-state index contributed by atoms with van der Waals surface area (Å²) in [5, 5.41) is 12.4. The van der Waals surface area contributed by atoms with Crippen LogP contribution in [0.1, 0.15) is 34.1 Å². The van der Waals surface area contributed by atoms with Gasteiger partial charge in [-0.15, -0.1) is 0 Å². The van der Waals surface area contributed by atoms with E-state index >= 15 is 0 Å². The van der Waals surface area contributed by atoms with Crippen LogP contribution in [-0.4, -0.2) is 61.7 Å². The van der Waals surface area contributed by atoms with Crippen LogP contribution in [0.5, 0.6) is 0 Å². The van der Waals surface area contributed by atoms with Crippen LogP contribution < -0.4 is 5.32 Å². The van der Waals surface area contributed by atoms with E-state index in [1.54, 1.807) is 0 Å². The maximum Gasteiger partial charge on any atom is 0.105 e. The van der Waals surface area contributed by atoms with E-state index in [4.69, 9.17) is 0 Å². The van der Waals surface area contributed by atoms with Gasteiger partial charge in [0.2, 0.25) is 0 Å². The van der Waals surface area contributed by atoms with Gasteiger partial charge in [-0.2, -0.15) is 5.26 Å². The second-order valence-electron chi connectivity index (χ2n) is 5.69. The van der Waals surface area contributed by atoms with Crippen molar-refractivity contribution in [1.29, 1.82) is 5.26 Å². The van der Waals surface area contributed by atoms with Crippen LogP contribution in [0, 0.1) is 11.3 Å². The molecule has 0 amide bonds. The molecule has 0 saturated carbocycles. The zero-order valence-electron chi connectivity index (χ0n) is 13.1. The molecule has 0 aromatic heterocycles. The fourth-order valence-corrected chi connectivity index (χ4v) is 2.60. The predicted octanol–water partition coefficient (Wildman–Crippen LogP) is 1.54. The monoisotopic (exact) mass is 254 g/mol. The van der Waals surface area contributed by atoms with Crippen molar-refractivity contribution in [2.45, 2.75) is 51.7 Å². The maximum absolute atomic E-state index is 9.23. The third kappa shape index (κ3) is 5.34. The van der Waals surface area contributed by atoms with Gasteiger partial charge in [0.15, 0.2) is 0 Å². The van der Waals surface area contributed by atoms with E-state index < -0.39 is 5.54 Å². The Kier molecular flexibility index (Phi) is 7.46. The van der Waals surface area contributed by atoms with E-state index in [2.05, 4.69) is 56.1 Å². The third-order valence-electron chi connectivity index (χ3n) is 3.63. The smallest absolute Gasteiger partial charge is 0.105 e. The highest BCUT2D eigenvalue weighted by Crippen LogP contribution is 2.17. The summed E-state index contributed by atoms with van der Waals surface area (Å²) in [5.41, 5.74) is -0.440. The van der Waals surface area contributed by atoms with E-state index in [1.165, 1.54) is 0 Å². The van der Waals surface area contributed by atoms with Crippen molar-refractivity contribution in [3.63, 3.8) is 0 Å². The van der Waals surface area contributed by atoms with Crippen molar-refractivity contribution in [2.75, 3.05) is 34.2 Å². The topological polar surface area (TPSA) is 42.3 Å². The van der Waals surface area contributed by atoms with Gasteiger partial charge < -0.3 is 10.2 Å². The molecule has 0 heterocycles. The van der Waals surface area contributed by atoms with Gasteiger partial charge >= 0.3 is 0 Å². The second-order valence-corrected chi connectivity index (χ2v) is 5.69. The Morgan fingerprint density at radius 3 is 2.17 bits per heavy atom. The molecule has 0 aliphatic rings. The Bertz CT molecular complexity index is 271. The summed E-state index contributed by atoms with van der Waals surface area (Å²) in [6.45, 7) is 10.7. The van der Waals surface area contributed by atoms with Gasteiger partial charge in [-0.25, -0.2) is 0 Å².